The molecule has 1 saturated heterocycles. The van der Waals surface area contributed by atoms with Gasteiger partial charge in [0.2, 0.25) is 0 Å². The lowest BCUT2D eigenvalue weighted by atomic mass is 10.1. The van der Waals surface area contributed by atoms with E-state index in [1.165, 1.54) is 5.56 Å². The minimum Gasteiger partial charge on any atom is -0.493 e. The molecule has 1 aliphatic rings. The van der Waals surface area contributed by atoms with E-state index >= 15 is 0 Å². The minimum atomic E-state index is -0.216. The Morgan fingerprint density at radius 1 is 1.16 bits per heavy atom. The van der Waals surface area contributed by atoms with Crippen molar-refractivity contribution in [3.8, 4) is 11.5 Å². The van der Waals surface area contributed by atoms with Gasteiger partial charge in [0, 0.05) is 32.2 Å². The highest BCUT2D eigenvalue weighted by molar-refractivity contribution is 14.0. The van der Waals surface area contributed by atoms with E-state index in [9.17, 15) is 4.79 Å². The van der Waals surface area contributed by atoms with Crippen molar-refractivity contribution in [2.45, 2.75) is 45.6 Å². The molecule has 1 aromatic carbocycles. The second-order valence-electron chi connectivity index (χ2n) is 7.16. The molecule has 2 rings (SSSR count). The molecule has 0 saturated carbocycles. The lowest BCUT2D eigenvalue weighted by Crippen LogP contribution is -2.49. The largest absolute Gasteiger partial charge is 0.493 e. The van der Waals surface area contributed by atoms with Crippen molar-refractivity contribution in [2.75, 3.05) is 47.0 Å². The summed E-state index contributed by atoms with van der Waals surface area (Å²) in [7, 11) is 3.29. The van der Waals surface area contributed by atoms with Crippen LogP contribution in [0.2, 0.25) is 0 Å². The maximum absolute atomic E-state index is 11.8. The average molecular weight is 548 g/mol. The first-order chi connectivity index (χ1) is 14.6. The predicted molar refractivity (Wildman–Crippen MR) is 134 cm³/mol. The lowest BCUT2D eigenvalue weighted by molar-refractivity contribution is 0.0963. The smallest absolute Gasteiger partial charge is 0.409 e. The summed E-state index contributed by atoms with van der Waals surface area (Å²) in [5.74, 6) is 2.33. The molecule has 0 atom stereocenters. The second-order valence-corrected chi connectivity index (χ2v) is 7.16. The molecule has 1 aromatic rings. The molecule has 31 heavy (non-hydrogen) atoms. The molecule has 2 N–H and O–H groups in total. The molecule has 0 spiro atoms. The standard InChI is InChI=1S/C22H36N4O4.HI/c1-5-23-21(25-18-11-14-26(15-12-18)22(27)30-6-2)24-13-7-8-17-9-10-19(28-3)20(16-17)29-4;/h9-10,16,18H,5-8,11-15H2,1-4H3,(H2,23,24,25);1H. The topological polar surface area (TPSA) is 84.4 Å². The monoisotopic (exact) mass is 548 g/mol. The van der Waals surface area contributed by atoms with Gasteiger partial charge in [-0.25, -0.2) is 4.79 Å². The van der Waals surface area contributed by atoms with Crippen molar-refractivity contribution in [1.82, 2.24) is 15.5 Å². The van der Waals surface area contributed by atoms with Crippen LogP contribution in [0.3, 0.4) is 0 Å². The Labute approximate surface area is 203 Å². The van der Waals surface area contributed by atoms with E-state index in [2.05, 4.69) is 23.6 Å². The maximum atomic E-state index is 11.8. The predicted octanol–water partition coefficient (Wildman–Crippen LogP) is 3.43. The molecule has 176 valence electrons. The number of methoxy groups -OCH3 is 2. The quantitative estimate of drug-likeness (QED) is 0.213. The summed E-state index contributed by atoms with van der Waals surface area (Å²) in [6, 6.07) is 6.32. The minimum absolute atomic E-state index is 0. The number of halogens is 1. The van der Waals surface area contributed by atoms with Gasteiger partial charge in [0.05, 0.1) is 20.8 Å². The van der Waals surface area contributed by atoms with E-state index in [4.69, 9.17) is 19.2 Å². The third kappa shape index (κ3) is 9.00. The third-order valence-electron chi connectivity index (χ3n) is 5.05. The van der Waals surface area contributed by atoms with E-state index in [1.807, 2.05) is 19.1 Å². The van der Waals surface area contributed by atoms with Crippen molar-refractivity contribution in [2.24, 2.45) is 4.99 Å². The number of carbonyl (C=O) groups is 1. The van der Waals surface area contributed by atoms with Crippen LogP contribution in [0.25, 0.3) is 0 Å². The Morgan fingerprint density at radius 2 is 1.87 bits per heavy atom. The highest BCUT2D eigenvalue weighted by Gasteiger charge is 2.24. The van der Waals surface area contributed by atoms with E-state index in [1.54, 1.807) is 19.1 Å². The second kappa shape index (κ2) is 15.0. The zero-order valence-corrected chi connectivity index (χ0v) is 21.4. The van der Waals surface area contributed by atoms with Crippen molar-refractivity contribution >= 4 is 36.0 Å². The van der Waals surface area contributed by atoms with Gasteiger partial charge in [-0.2, -0.15) is 0 Å². The molecule has 1 fully saturated rings. The number of likely N-dealkylation sites (tertiary alicyclic amines) is 1. The number of rotatable bonds is 9. The van der Waals surface area contributed by atoms with E-state index in [-0.39, 0.29) is 30.1 Å². The summed E-state index contributed by atoms with van der Waals surface area (Å²) in [6.45, 7) is 7.25. The Hall–Kier alpha value is -1.91. The average Bonchev–Trinajstić information content (AvgIpc) is 2.77. The third-order valence-corrected chi connectivity index (χ3v) is 5.05. The number of nitrogens with one attached hydrogen (secondary N) is 2. The fraction of sp³-hybridized carbons (Fsp3) is 0.636. The zero-order chi connectivity index (χ0) is 21.8. The van der Waals surface area contributed by atoms with Gasteiger partial charge in [-0.05, 0) is 57.2 Å². The number of ether oxygens (including phenoxy) is 3. The molecule has 0 aromatic heterocycles. The number of benzene rings is 1. The van der Waals surface area contributed by atoms with Gasteiger partial charge in [-0.1, -0.05) is 6.07 Å². The summed E-state index contributed by atoms with van der Waals surface area (Å²) in [6.07, 6.45) is 3.41. The molecule has 0 bridgehead atoms. The van der Waals surface area contributed by atoms with Gasteiger partial charge in [-0.3, -0.25) is 4.99 Å². The van der Waals surface area contributed by atoms with Crippen molar-refractivity contribution in [3.63, 3.8) is 0 Å². The fourth-order valence-electron chi connectivity index (χ4n) is 3.44. The Bertz CT molecular complexity index is 694. The normalized spacial score (nSPS) is 14.5. The summed E-state index contributed by atoms with van der Waals surface area (Å²) in [5, 5.41) is 6.82. The Kier molecular flexibility index (Phi) is 13.1. The first kappa shape index (κ1) is 27.1. The number of carbonyl (C=O) groups excluding carboxylic acids is 1. The number of piperidine rings is 1. The molecule has 9 heteroatoms. The zero-order valence-electron chi connectivity index (χ0n) is 19.1. The van der Waals surface area contributed by atoms with Crippen LogP contribution in [0.5, 0.6) is 11.5 Å². The summed E-state index contributed by atoms with van der Waals surface area (Å²) < 4.78 is 15.7. The van der Waals surface area contributed by atoms with Crippen LogP contribution in [0, 0.1) is 0 Å². The first-order valence-electron chi connectivity index (χ1n) is 10.8. The molecular weight excluding hydrogens is 511 g/mol. The summed E-state index contributed by atoms with van der Waals surface area (Å²) in [5.41, 5.74) is 1.20. The van der Waals surface area contributed by atoms with Crippen LogP contribution >= 0.6 is 24.0 Å². The summed E-state index contributed by atoms with van der Waals surface area (Å²) in [4.78, 5) is 18.3. The van der Waals surface area contributed by atoms with Crippen LogP contribution in [-0.4, -0.2) is 70.0 Å². The van der Waals surface area contributed by atoms with Gasteiger partial charge in [0.25, 0.3) is 0 Å². The number of guanidine groups is 1. The lowest BCUT2D eigenvalue weighted by Gasteiger charge is -2.32. The molecule has 0 unspecified atom stereocenters. The van der Waals surface area contributed by atoms with Crippen LogP contribution in [0.4, 0.5) is 4.79 Å². The van der Waals surface area contributed by atoms with E-state index in [0.29, 0.717) is 25.7 Å². The summed E-state index contributed by atoms with van der Waals surface area (Å²) >= 11 is 0. The van der Waals surface area contributed by atoms with Crippen molar-refractivity contribution in [3.05, 3.63) is 23.8 Å². The van der Waals surface area contributed by atoms with Gasteiger partial charge in [0.15, 0.2) is 17.5 Å². The Morgan fingerprint density at radius 3 is 2.48 bits per heavy atom. The van der Waals surface area contributed by atoms with Gasteiger partial charge in [0.1, 0.15) is 0 Å². The van der Waals surface area contributed by atoms with Gasteiger partial charge < -0.3 is 29.7 Å². The number of amides is 1. The highest BCUT2D eigenvalue weighted by atomic mass is 127. The van der Waals surface area contributed by atoms with Gasteiger partial charge >= 0.3 is 6.09 Å². The van der Waals surface area contributed by atoms with E-state index < -0.39 is 0 Å². The van der Waals surface area contributed by atoms with Crippen LogP contribution in [0.15, 0.2) is 23.2 Å². The highest BCUT2D eigenvalue weighted by Crippen LogP contribution is 2.27. The number of hydrogen-bond acceptors (Lipinski definition) is 5. The number of hydrogen-bond donors (Lipinski definition) is 2. The molecule has 1 heterocycles. The molecule has 1 aliphatic heterocycles. The molecular formula is C22H37IN4O4. The molecule has 8 nitrogen and oxygen atoms in total. The van der Waals surface area contributed by atoms with Crippen LogP contribution < -0.4 is 20.1 Å². The molecule has 0 aliphatic carbocycles. The van der Waals surface area contributed by atoms with Crippen LogP contribution in [0.1, 0.15) is 38.7 Å². The number of aryl methyl sites for hydroxylation is 1. The molecule has 1 amide bonds. The van der Waals surface area contributed by atoms with E-state index in [0.717, 1.165) is 56.2 Å². The van der Waals surface area contributed by atoms with Crippen molar-refractivity contribution in [1.29, 1.82) is 0 Å². The fourth-order valence-corrected chi connectivity index (χ4v) is 3.44. The maximum Gasteiger partial charge on any atom is 0.409 e. The SMILES string of the molecule is CCNC(=NCCCc1ccc(OC)c(OC)c1)NC1CCN(C(=O)OCC)CC1.I. The first-order valence-corrected chi connectivity index (χ1v) is 10.8. The van der Waals surface area contributed by atoms with Gasteiger partial charge in [-0.15, -0.1) is 24.0 Å². The molecule has 0 radical (unpaired) electrons. The Balaban J connectivity index is 0.00000480. The van der Waals surface area contributed by atoms with Crippen LogP contribution in [-0.2, 0) is 11.2 Å². The number of aliphatic imine (C=N–C) groups is 1. The number of nitrogens with zero attached hydrogens (tertiary/aromatic N) is 2. The van der Waals surface area contributed by atoms with Crippen molar-refractivity contribution < 1.29 is 19.0 Å².